The fourth-order valence-corrected chi connectivity index (χ4v) is 3.18. The highest BCUT2D eigenvalue weighted by molar-refractivity contribution is 5.19. The molecule has 2 N–H and O–H groups in total. The van der Waals surface area contributed by atoms with Crippen molar-refractivity contribution in [3.05, 3.63) is 35.9 Å². The van der Waals surface area contributed by atoms with Gasteiger partial charge >= 0.3 is 0 Å². The van der Waals surface area contributed by atoms with Crippen LogP contribution in [0.3, 0.4) is 0 Å². The molecule has 2 nitrogen and oxygen atoms in total. The number of benzene rings is 1. The normalized spacial score (nSPS) is 19.1. The summed E-state index contributed by atoms with van der Waals surface area (Å²) in [6.07, 6.45) is 7.95. The molecule has 0 radical (unpaired) electrons. The smallest absolute Gasteiger partial charge is 0.0360 e. The summed E-state index contributed by atoms with van der Waals surface area (Å²) in [7, 11) is 2.28. The summed E-state index contributed by atoms with van der Waals surface area (Å²) in [5.74, 6) is 0. The van der Waals surface area contributed by atoms with E-state index in [1.54, 1.807) is 0 Å². The third kappa shape index (κ3) is 3.33. The average Bonchev–Trinajstić information content (AvgIpc) is 2.46. The second-order valence-electron chi connectivity index (χ2n) is 5.46. The fraction of sp³-hybridized carbons (Fsp3) is 0.625. The molecule has 100 valence electrons. The summed E-state index contributed by atoms with van der Waals surface area (Å²) in [6.45, 7) is 0.761. The van der Waals surface area contributed by atoms with Crippen LogP contribution >= 0.6 is 0 Å². The second kappa shape index (κ2) is 6.91. The first-order chi connectivity index (χ1) is 8.83. The second-order valence-corrected chi connectivity index (χ2v) is 5.46. The Morgan fingerprint density at radius 2 is 1.83 bits per heavy atom. The Kier molecular flexibility index (Phi) is 5.21. The number of nitrogens with two attached hydrogens (primary N) is 1. The molecule has 1 atom stereocenters. The molecule has 0 heterocycles. The maximum atomic E-state index is 5.81. The summed E-state index contributed by atoms with van der Waals surface area (Å²) >= 11 is 0. The van der Waals surface area contributed by atoms with E-state index >= 15 is 0 Å². The van der Waals surface area contributed by atoms with Crippen molar-refractivity contribution in [3.63, 3.8) is 0 Å². The van der Waals surface area contributed by atoms with Crippen molar-refractivity contribution in [2.24, 2.45) is 5.73 Å². The molecule has 0 spiro atoms. The lowest BCUT2D eigenvalue weighted by Gasteiger charge is -2.37. The van der Waals surface area contributed by atoms with Crippen LogP contribution in [0.4, 0.5) is 0 Å². The predicted octanol–water partition coefficient (Wildman–Crippen LogP) is 3.34. The maximum absolute atomic E-state index is 5.81. The van der Waals surface area contributed by atoms with Crippen molar-refractivity contribution >= 4 is 0 Å². The lowest BCUT2D eigenvalue weighted by atomic mass is 9.91. The van der Waals surface area contributed by atoms with Gasteiger partial charge in [0.2, 0.25) is 0 Å². The van der Waals surface area contributed by atoms with Gasteiger partial charge in [-0.1, -0.05) is 49.6 Å². The SMILES string of the molecule is CN(C1CCCCC1)C(CCN)c1ccccc1. The highest BCUT2D eigenvalue weighted by Crippen LogP contribution is 2.30. The van der Waals surface area contributed by atoms with Crippen LogP contribution < -0.4 is 5.73 Å². The molecule has 0 bridgehead atoms. The molecular formula is C16H26N2. The molecule has 1 aromatic carbocycles. The van der Waals surface area contributed by atoms with Gasteiger partial charge in [-0.05, 0) is 38.4 Å². The lowest BCUT2D eigenvalue weighted by molar-refractivity contribution is 0.132. The summed E-state index contributed by atoms with van der Waals surface area (Å²) in [6, 6.07) is 12.1. The quantitative estimate of drug-likeness (QED) is 0.863. The number of hydrogen-bond donors (Lipinski definition) is 1. The van der Waals surface area contributed by atoms with E-state index in [-0.39, 0.29) is 0 Å². The van der Waals surface area contributed by atoms with Gasteiger partial charge in [0.25, 0.3) is 0 Å². The first-order valence-corrected chi connectivity index (χ1v) is 7.30. The summed E-state index contributed by atoms with van der Waals surface area (Å²) in [5, 5.41) is 0. The first-order valence-electron chi connectivity index (χ1n) is 7.30. The molecule has 1 fully saturated rings. The fourth-order valence-electron chi connectivity index (χ4n) is 3.18. The van der Waals surface area contributed by atoms with Crippen molar-refractivity contribution in [1.82, 2.24) is 4.90 Å². The zero-order valence-electron chi connectivity index (χ0n) is 11.5. The van der Waals surface area contributed by atoms with Crippen LogP contribution in [0.2, 0.25) is 0 Å². The Balaban J connectivity index is 2.08. The van der Waals surface area contributed by atoms with Crippen LogP contribution in [0, 0.1) is 0 Å². The van der Waals surface area contributed by atoms with Crippen molar-refractivity contribution in [3.8, 4) is 0 Å². The van der Waals surface area contributed by atoms with E-state index in [4.69, 9.17) is 5.73 Å². The van der Waals surface area contributed by atoms with Crippen molar-refractivity contribution in [2.75, 3.05) is 13.6 Å². The number of rotatable bonds is 5. The molecule has 2 heteroatoms. The van der Waals surface area contributed by atoms with Crippen LogP contribution in [0.25, 0.3) is 0 Å². The number of hydrogen-bond acceptors (Lipinski definition) is 2. The minimum Gasteiger partial charge on any atom is -0.330 e. The highest BCUT2D eigenvalue weighted by Gasteiger charge is 2.24. The van der Waals surface area contributed by atoms with Crippen LogP contribution in [0.5, 0.6) is 0 Å². The minimum atomic E-state index is 0.485. The van der Waals surface area contributed by atoms with Crippen molar-refractivity contribution in [1.29, 1.82) is 0 Å². The predicted molar refractivity (Wildman–Crippen MR) is 77.5 cm³/mol. The minimum absolute atomic E-state index is 0.485. The summed E-state index contributed by atoms with van der Waals surface area (Å²) in [4.78, 5) is 2.57. The van der Waals surface area contributed by atoms with Crippen LogP contribution in [0.15, 0.2) is 30.3 Å². The third-order valence-corrected chi connectivity index (χ3v) is 4.27. The van der Waals surface area contributed by atoms with Gasteiger partial charge in [0.05, 0.1) is 0 Å². The van der Waals surface area contributed by atoms with E-state index in [1.807, 2.05) is 0 Å². The van der Waals surface area contributed by atoms with E-state index in [9.17, 15) is 0 Å². The van der Waals surface area contributed by atoms with Gasteiger partial charge in [-0.15, -0.1) is 0 Å². The maximum Gasteiger partial charge on any atom is 0.0360 e. The van der Waals surface area contributed by atoms with E-state index < -0.39 is 0 Å². The highest BCUT2D eigenvalue weighted by atomic mass is 15.2. The molecule has 1 saturated carbocycles. The monoisotopic (exact) mass is 246 g/mol. The zero-order chi connectivity index (χ0) is 12.8. The van der Waals surface area contributed by atoms with Gasteiger partial charge < -0.3 is 5.73 Å². The standard InChI is InChI=1S/C16H26N2/c1-18(15-10-6-3-7-11-15)16(12-13-17)14-8-4-2-5-9-14/h2,4-5,8-9,15-16H,3,6-7,10-13,17H2,1H3. The van der Waals surface area contributed by atoms with Gasteiger partial charge in [0, 0.05) is 12.1 Å². The van der Waals surface area contributed by atoms with Gasteiger partial charge in [-0.3, -0.25) is 4.90 Å². The zero-order valence-corrected chi connectivity index (χ0v) is 11.5. The van der Waals surface area contributed by atoms with E-state index in [2.05, 4.69) is 42.3 Å². The summed E-state index contributed by atoms with van der Waals surface area (Å²) in [5.41, 5.74) is 7.22. The Bertz CT molecular complexity index is 330. The van der Waals surface area contributed by atoms with E-state index in [0.717, 1.165) is 19.0 Å². The van der Waals surface area contributed by atoms with Crippen LogP contribution in [-0.2, 0) is 0 Å². The number of nitrogens with zero attached hydrogens (tertiary/aromatic N) is 1. The van der Waals surface area contributed by atoms with Crippen molar-refractivity contribution in [2.45, 2.75) is 50.6 Å². The molecule has 18 heavy (non-hydrogen) atoms. The molecule has 1 aromatic rings. The Labute approximate surface area is 111 Å². The Morgan fingerprint density at radius 3 is 2.44 bits per heavy atom. The Hall–Kier alpha value is -0.860. The van der Waals surface area contributed by atoms with E-state index in [0.29, 0.717) is 6.04 Å². The largest absolute Gasteiger partial charge is 0.330 e. The molecule has 1 aliphatic rings. The Morgan fingerprint density at radius 1 is 1.17 bits per heavy atom. The molecule has 2 rings (SSSR count). The van der Waals surface area contributed by atoms with Gasteiger partial charge in [0.15, 0.2) is 0 Å². The van der Waals surface area contributed by atoms with Gasteiger partial charge in [-0.2, -0.15) is 0 Å². The molecule has 1 unspecified atom stereocenters. The van der Waals surface area contributed by atoms with E-state index in [1.165, 1.54) is 37.7 Å². The topological polar surface area (TPSA) is 29.3 Å². The first kappa shape index (κ1) is 13.6. The van der Waals surface area contributed by atoms with Crippen LogP contribution in [-0.4, -0.2) is 24.5 Å². The molecular weight excluding hydrogens is 220 g/mol. The summed E-state index contributed by atoms with van der Waals surface area (Å²) < 4.78 is 0. The molecule has 0 amide bonds. The third-order valence-electron chi connectivity index (χ3n) is 4.27. The van der Waals surface area contributed by atoms with Gasteiger partial charge in [-0.25, -0.2) is 0 Å². The van der Waals surface area contributed by atoms with Gasteiger partial charge in [0.1, 0.15) is 0 Å². The van der Waals surface area contributed by atoms with Crippen LogP contribution in [0.1, 0.15) is 50.1 Å². The molecule has 0 aromatic heterocycles. The molecule has 1 aliphatic carbocycles. The molecule has 0 aliphatic heterocycles. The average molecular weight is 246 g/mol. The lowest BCUT2D eigenvalue weighted by Crippen LogP contribution is -2.37. The van der Waals surface area contributed by atoms with Crippen molar-refractivity contribution < 1.29 is 0 Å². The molecule has 0 saturated heterocycles.